The van der Waals surface area contributed by atoms with E-state index in [0.717, 1.165) is 34.8 Å². The van der Waals surface area contributed by atoms with Crippen molar-refractivity contribution in [1.29, 1.82) is 0 Å². The van der Waals surface area contributed by atoms with Crippen molar-refractivity contribution in [1.82, 2.24) is 19.7 Å². The Bertz CT molecular complexity index is 1150. The molecular weight excluding hydrogens is 360 g/mol. The van der Waals surface area contributed by atoms with Crippen LogP contribution in [0.5, 0.6) is 0 Å². The number of anilines is 1. The van der Waals surface area contributed by atoms with E-state index in [1.54, 1.807) is 0 Å². The molecule has 2 heterocycles. The van der Waals surface area contributed by atoms with Crippen molar-refractivity contribution in [2.45, 2.75) is 26.8 Å². The van der Waals surface area contributed by atoms with Gasteiger partial charge in [0.1, 0.15) is 12.1 Å². The number of halogens is 2. The van der Waals surface area contributed by atoms with Gasteiger partial charge in [0.2, 0.25) is 0 Å². The average molecular weight is 379 g/mol. The maximum atomic E-state index is 13.7. The van der Waals surface area contributed by atoms with Crippen LogP contribution in [0.3, 0.4) is 0 Å². The Morgan fingerprint density at radius 1 is 0.964 bits per heavy atom. The van der Waals surface area contributed by atoms with Crippen LogP contribution in [-0.4, -0.2) is 19.7 Å². The van der Waals surface area contributed by atoms with Gasteiger partial charge in [0.05, 0.1) is 16.9 Å². The molecule has 5 nitrogen and oxygen atoms in total. The fraction of sp³-hybridized carbons (Fsp3) is 0.190. The van der Waals surface area contributed by atoms with Crippen LogP contribution >= 0.6 is 0 Å². The zero-order chi connectivity index (χ0) is 19.8. The van der Waals surface area contributed by atoms with E-state index in [2.05, 4.69) is 20.4 Å². The molecular formula is C21H19F2N5. The summed E-state index contributed by atoms with van der Waals surface area (Å²) >= 11 is 0. The highest BCUT2D eigenvalue weighted by Gasteiger charge is 2.13. The van der Waals surface area contributed by atoms with Gasteiger partial charge in [-0.05, 0) is 50.6 Å². The molecule has 0 spiro atoms. The number of rotatable bonds is 4. The molecule has 0 fully saturated rings. The second-order valence-corrected chi connectivity index (χ2v) is 6.80. The second-order valence-electron chi connectivity index (χ2n) is 6.80. The fourth-order valence-electron chi connectivity index (χ4n) is 3.25. The van der Waals surface area contributed by atoms with Crippen LogP contribution in [-0.2, 0) is 0 Å². The Labute approximate surface area is 161 Å². The molecule has 2 aromatic carbocycles. The smallest absolute Gasteiger partial charge is 0.161 e. The number of nitrogens with one attached hydrogen (secondary N) is 1. The van der Waals surface area contributed by atoms with Gasteiger partial charge in [-0.15, -0.1) is 0 Å². The van der Waals surface area contributed by atoms with E-state index in [0.29, 0.717) is 16.7 Å². The highest BCUT2D eigenvalue weighted by Crippen LogP contribution is 2.26. The van der Waals surface area contributed by atoms with Crippen molar-refractivity contribution in [3.8, 4) is 5.69 Å². The van der Waals surface area contributed by atoms with E-state index in [-0.39, 0.29) is 6.04 Å². The molecule has 0 aliphatic carbocycles. The molecule has 0 saturated heterocycles. The predicted molar refractivity (Wildman–Crippen MR) is 105 cm³/mol. The Morgan fingerprint density at radius 2 is 1.68 bits per heavy atom. The largest absolute Gasteiger partial charge is 0.363 e. The lowest BCUT2D eigenvalue weighted by Crippen LogP contribution is -2.09. The van der Waals surface area contributed by atoms with Crippen LogP contribution in [0.15, 0.2) is 48.8 Å². The van der Waals surface area contributed by atoms with Gasteiger partial charge >= 0.3 is 0 Å². The SMILES string of the molecule is Cc1cc(C)n(-c2ccc([C@@H](C)Nc3ncnc4cc(F)c(F)cc34)cc2)n1. The highest BCUT2D eigenvalue weighted by atomic mass is 19.2. The quantitative estimate of drug-likeness (QED) is 0.549. The van der Waals surface area contributed by atoms with Gasteiger partial charge in [-0.1, -0.05) is 12.1 Å². The lowest BCUT2D eigenvalue weighted by molar-refractivity contribution is 0.510. The first-order valence-corrected chi connectivity index (χ1v) is 8.92. The number of fused-ring (bicyclic) bond motifs is 1. The second kappa shape index (κ2) is 6.99. The first-order chi connectivity index (χ1) is 13.4. The molecule has 28 heavy (non-hydrogen) atoms. The minimum Gasteiger partial charge on any atom is -0.363 e. The van der Waals surface area contributed by atoms with Gasteiger partial charge < -0.3 is 5.32 Å². The Hall–Kier alpha value is -3.35. The Balaban J connectivity index is 1.60. The Kier molecular flexibility index (Phi) is 4.50. The lowest BCUT2D eigenvalue weighted by atomic mass is 10.1. The summed E-state index contributed by atoms with van der Waals surface area (Å²) in [7, 11) is 0. The number of aromatic nitrogens is 4. The molecule has 0 radical (unpaired) electrons. The summed E-state index contributed by atoms with van der Waals surface area (Å²) in [5, 5.41) is 8.19. The maximum Gasteiger partial charge on any atom is 0.161 e. The normalized spacial score (nSPS) is 12.3. The van der Waals surface area contributed by atoms with Gasteiger partial charge in [0.25, 0.3) is 0 Å². The zero-order valence-electron chi connectivity index (χ0n) is 15.7. The average Bonchev–Trinajstić information content (AvgIpc) is 3.01. The van der Waals surface area contributed by atoms with E-state index in [1.165, 1.54) is 6.33 Å². The molecule has 1 atom stereocenters. The molecule has 0 aliphatic heterocycles. The van der Waals surface area contributed by atoms with E-state index >= 15 is 0 Å². The summed E-state index contributed by atoms with van der Waals surface area (Å²) in [5.74, 6) is -1.39. The van der Waals surface area contributed by atoms with Crippen LogP contribution in [0.4, 0.5) is 14.6 Å². The van der Waals surface area contributed by atoms with Crippen molar-refractivity contribution in [3.05, 3.63) is 77.4 Å². The van der Waals surface area contributed by atoms with Crippen LogP contribution in [0.1, 0.15) is 29.9 Å². The highest BCUT2D eigenvalue weighted by molar-refractivity contribution is 5.89. The van der Waals surface area contributed by atoms with Gasteiger partial charge in [0.15, 0.2) is 11.6 Å². The summed E-state index contributed by atoms with van der Waals surface area (Å²) in [5.41, 5.74) is 4.39. The molecule has 2 aromatic heterocycles. The van der Waals surface area contributed by atoms with Crippen molar-refractivity contribution in [2.24, 2.45) is 0 Å². The van der Waals surface area contributed by atoms with E-state index in [9.17, 15) is 8.78 Å². The Morgan fingerprint density at radius 3 is 2.36 bits per heavy atom. The first-order valence-electron chi connectivity index (χ1n) is 8.92. The summed E-state index contributed by atoms with van der Waals surface area (Å²) in [6.07, 6.45) is 1.33. The number of hydrogen-bond acceptors (Lipinski definition) is 4. The van der Waals surface area contributed by atoms with Gasteiger partial charge in [-0.2, -0.15) is 5.10 Å². The minimum atomic E-state index is -0.926. The molecule has 4 rings (SSSR count). The molecule has 0 amide bonds. The van der Waals surface area contributed by atoms with E-state index < -0.39 is 11.6 Å². The summed E-state index contributed by atoms with van der Waals surface area (Å²) in [6, 6.07) is 12.1. The molecule has 0 bridgehead atoms. The van der Waals surface area contributed by atoms with Crippen molar-refractivity contribution in [2.75, 3.05) is 5.32 Å². The summed E-state index contributed by atoms with van der Waals surface area (Å²) in [4.78, 5) is 8.21. The minimum absolute atomic E-state index is 0.0966. The number of aryl methyl sites for hydroxylation is 2. The summed E-state index contributed by atoms with van der Waals surface area (Å²) < 4.78 is 29.0. The van der Waals surface area contributed by atoms with Crippen LogP contribution in [0, 0.1) is 25.5 Å². The standard InChI is InChI=1S/C21H19F2N5/c1-12-8-13(2)28(27-12)16-6-4-15(5-7-16)14(3)26-21-17-9-18(22)19(23)10-20(17)24-11-25-21/h4-11,14H,1-3H3,(H,24,25,26)/t14-/m1/s1. The van der Waals surface area contributed by atoms with E-state index in [1.807, 2.05) is 55.8 Å². The topological polar surface area (TPSA) is 55.6 Å². The van der Waals surface area contributed by atoms with Crippen LogP contribution < -0.4 is 5.32 Å². The van der Waals surface area contributed by atoms with Crippen LogP contribution in [0.25, 0.3) is 16.6 Å². The van der Waals surface area contributed by atoms with Gasteiger partial charge in [-0.3, -0.25) is 0 Å². The third kappa shape index (κ3) is 3.31. The number of benzene rings is 2. The summed E-state index contributed by atoms with van der Waals surface area (Å²) in [6.45, 7) is 5.96. The molecule has 0 unspecified atom stereocenters. The number of nitrogens with zero attached hydrogens (tertiary/aromatic N) is 4. The number of hydrogen-bond donors (Lipinski definition) is 1. The molecule has 7 heteroatoms. The monoisotopic (exact) mass is 379 g/mol. The third-order valence-electron chi connectivity index (χ3n) is 4.68. The predicted octanol–water partition coefficient (Wildman–Crippen LogP) is 4.88. The molecule has 1 N–H and O–H groups in total. The molecule has 142 valence electrons. The third-order valence-corrected chi connectivity index (χ3v) is 4.68. The van der Waals surface area contributed by atoms with Crippen molar-refractivity contribution < 1.29 is 8.78 Å². The fourth-order valence-corrected chi connectivity index (χ4v) is 3.25. The molecule has 0 aliphatic rings. The lowest BCUT2D eigenvalue weighted by Gasteiger charge is -2.17. The van der Waals surface area contributed by atoms with Crippen molar-refractivity contribution >= 4 is 16.7 Å². The van der Waals surface area contributed by atoms with Crippen LogP contribution in [0.2, 0.25) is 0 Å². The zero-order valence-corrected chi connectivity index (χ0v) is 15.7. The van der Waals surface area contributed by atoms with Gasteiger partial charge in [0, 0.05) is 23.2 Å². The first kappa shape index (κ1) is 18.0. The van der Waals surface area contributed by atoms with E-state index in [4.69, 9.17) is 0 Å². The molecule has 4 aromatic rings. The molecule has 0 saturated carbocycles. The van der Waals surface area contributed by atoms with Crippen molar-refractivity contribution in [3.63, 3.8) is 0 Å². The van der Waals surface area contributed by atoms with Gasteiger partial charge in [-0.25, -0.2) is 23.4 Å². The maximum absolute atomic E-state index is 13.7.